The molecule has 0 radical (unpaired) electrons. The van der Waals surface area contributed by atoms with E-state index in [0.29, 0.717) is 0 Å². The third-order valence-corrected chi connectivity index (χ3v) is 4.08. The van der Waals surface area contributed by atoms with E-state index in [9.17, 15) is 13.2 Å². The second-order valence-corrected chi connectivity index (χ2v) is 5.51. The number of nitrogens with zero attached hydrogens (tertiary/aromatic N) is 1. The van der Waals surface area contributed by atoms with Gasteiger partial charge in [-0.05, 0) is 29.8 Å². The van der Waals surface area contributed by atoms with Crippen molar-refractivity contribution in [3.63, 3.8) is 0 Å². The first kappa shape index (κ1) is 11.9. The highest BCUT2D eigenvalue weighted by atomic mass is 35.5. The topological polar surface area (TPSA) is 56.1 Å². The van der Waals surface area contributed by atoms with E-state index >= 15 is 0 Å². The summed E-state index contributed by atoms with van der Waals surface area (Å²) in [5.74, 6) is 0. The monoisotopic (exact) mass is 269 g/mol. The van der Waals surface area contributed by atoms with E-state index in [1.807, 2.05) is 0 Å². The highest BCUT2D eigenvalue weighted by Crippen LogP contribution is 2.15. The lowest BCUT2D eigenvalue weighted by molar-refractivity contribution is 0.108. The van der Waals surface area contributed by atoms with Crippen molar-refractivity contribution >= 4 is 26.9 Å². The lowest BCUT2D eigenvalue weighted by Gasteiger charge is -2.04. The molecule has 6 heteroatoms. The van der Waals surface area contributed by atoms with Crippen LogP contribution >= 0.6 is 11.6 Å². The molecule has 0 N–H and O–H groups in total. The van der Waals surface area contributed by atoms with E-state index < -0.39 is 15.3 Å². The summed E-state index contributed by atoms with van der Waals surface area (Å²) in [6.45, 7) is 0. The highest BCUT2D eigenvalue weighted by Gasteiger charge is 2.17. The fourth-order valence-corrected chi connectivity index (χ4v) is 2.69. The zero-order chi connectivity index (χ0) is 12.5. The van der Waals surface area contributed by atoms with Gasteiger partial charge in [-0.2, -0.15) is 0 Å². The average Bonchev–Trinajstić information content (AvgIpc) is 2.80. The Morgan fingerprint density at radius 3 is 2.29 bits per heavy atom. The van der Waals surface area contributed by atoms with Crippen LogP contribution in [0.15, 0.2) is 53.7 Å². The maximum Gasteiger partial charge on any atom is 0.267 e. The molecule has 0 aliphatic rings. The van der Waals surface area contributed by atoms with Crippen LogP contribution in [-0.2, 0) is 10.0 Å². The molecule has 0 aliphatic carbocycles. The molecular formula is C11H8ClNO3S. The zero-order valence-electron chi connectivity index (χ0n) is 8.58. The Morgan fingerprint density at radius 2 is 1.76 bits per heavy atom. The second-order valence-electron chi connectivity index (χ2n) is 3.32. The molecule has 0 amide bonds. The van der Waals surface area contributed by atoms with Crippen LogP contribution < -0.4 is 0 Å². The van der Waals surface area contributed by atoms with Crippen LogP contribution in [0.5, 0.6) is 0 Å². The molecule has 1 heterocycles. The largest absolute Gasteiger partial charge is 0.276 e. The molecule has 1 aromatic carbocycles. The Hall–Kier alpha value is -1.59. The number of hydrogen-bond acceptors (Lipinski definition) is 3. The molecule has 0 atom stereocenters. The van der Waals surface area contributed by atoms with E-state index in [1.165, 1.54) is 30.6 Å². The summed E-state index contributed by atoms with van der Waals surface area (Å²) in [4.78, 5) is 11.0. The maximum atomic E-state index is 12.1. The minimum Gasteiger partial charge on any atom is -0.276 e. The van der Waals surface area contributed by atoms with Gasteiger partial charge in [-0.25, -0.2) is 12.4 Å². The molecule has 88 valence electrons. The van der Waals surface area contributed by atoms with Crippen molar-refractivity contribution in [2.24, 2.45) is 0 Å². The Morgan fingerprint density at radius 1 is 1.12 bits per heavy atom. The van der Waals surface area contributed by atoms with Gasteiger partial charge in [0.1, 0.15) is 0 Å². The SMILES string of the molecule is O=C(Cl)c1ccn(S(=O)(=O)c2ccccc2)c1. The average molecular weight is 270 g/mol. The van der Waals surface area contributed by atoms with Crippen LogP contribution in [0.4, 0.5) is 0 Å². The van der Waals surface area contributed by atoms with Crippen LogP contribution in [-0.4, -0.2) is 17.6 Å². The Labute approximate surface area is 103 Å². The summed E-state index contributed by atoms with van der Waals surface area (Å²) in [6.07, 6.45) is 2.48. The number of halogens is 1. The van der Waals surface area contributed by atoms with Gasteiger partial charge < -0.3 is 0 Å². The van der Waals surface area contributed by atoms with E-state index in [4.69, 9.17) is 11.6 Å². The minimum atomic E-state index is -3.65. The van der Waals surface area contributed by atoms with Gasteiger partial charge in [-0.3, -0.25) is 4.79 Å². The van der Waals surface area contributed by atoms with Crippen molar-refractivity contribution < 1.29 is 13.2 Å². The van der Waals surface area contributed by atoms with E-state index in [0.717, 1.165) is 3.97 Å². The number of carbonyl (C=O) groups is 1. The van der Waals surface area contributed by atoms with Crippen LogP contribution in [0.3, 0.4) is 0 Å². The normalized spacial score (nSPS) is 11.4. The lowest BCUT2D eigenvalue weighted by Crippen LogP contribution is -2.10. The zero-order valence-corrected chi connectivity index (χ0v) is 10.1. The van der Waals surface area contributed by atoms with Crippen molar-refractivity contribution in [2.45, 2.75) is 4.90 Å². The number of hydrogen-bond donors (Lipinski definition) is 0. The summed E-state index contributed by atoms with van der Waals surface area (Å²) in [6, 6.07) is 9.31. The van der Waals surface area contributed by atoms with Crippen molar-refractivity contribution in [2.75, 3.05) is 0 Å². The minimum absolute atomic E-state index is 0.145. The lowest BCUT2D eigenvalue weighted by atomic mass is 10.4. The summed E-state index contributed by atoms with van der Waals surface area (Å²) in [7, 11) is -3.65. The quantitative estimate of drug-likeness (QED) is 0.802. The molecule has 4 nitrogen and oxygen atoms in total. The van der Waals surface area contributed by atoms with E-state index in [1.54, 1.807) is 18.2 Å². The van der Waals surface area contributed by atoms with E-state index in [-0.39, 0.29) is 10.5 Å². The Bertz CT molecular complexity index is 646. The molecule has 0 saturated carbocycles. The molecule has 17 heavy (non-hydrogen) atoms. The number of carbonyl (C=O) groups excluding carboxylic acids is 1. The molecule has 1 aromatic heterocycles. The summed E-state index contributed by atoms with van der Waals surface area (Å²) in [5.41, 5.74) is 0.145. The van der Waals surface area contributed by atoms with Crippen LogP contribution in [0.1, 0.15) is 10.4 Å². The number of rotatable bonds is 3. The smallest absolute Gasteiger partial charge is 0.267 e. The first-order valence-electron chi connectivity index (χ1n) is 4.70. The van der Waals surface area contributed by atoms with Gasteiger partial charge in [0.15, 0.2) is 0 Å². The molecule has 0 unspecified atom stereocenters. The van der Waals surface area contributed by atoms with Crippen molar-refractivity contribution in [3.8, 4) is 0 Å². The molecule has 2 aromatic rings. The Kier molecular flexibility index (Phi) is 3.04. The Balaban J connectivity index is 2.49. The standard InChI is InChI=1S/C11H8ClNO3S/c12-11(14)9-6-7-13(8-9)17(15,16)10-4-2-1-3-5-10/h1-8H. The van der Waals surface area contributed by atoms with Crippen molar-refractivity contribution in [1.29, 1.82) is 0 Å². The predicted molar refractivity (Wildman–Crippen MR) is 63.6 cm³/mol. The first-order chi connectivity index (χ1) is 8.01. The molecule has 0 aliphatic heterocycles. The fraction of sp³-hybridized carbons (Fsp3) is 0. The van der Waals surface area contributed by atoms with E-state index in [2.05, 4.69) is 0 Å². The van der Waals surface area contributed by atoms with Gasteiger partial charge in [0.2, 0.25) is 0 Å². The van der Waals surface area contributed by atoms with Crippen molar-refractivity contribution in [1.82, 2.24) is 3.97 Å². The van der Waals surface area contributed by atoms with Crippen molar-refractivity contribution in [3.05, 3.63) is 54.4 Å². The van der Waals surface area contributed by atoms with Gasteiger partial charge in [0.25, 0.3) is 15.3 Å². The van der Waals surface area contributed by atoms with Gasteiger partial charge in [0.05, 0.1) is 10.5 Å². The van der Waals surface area contributed by atoms with Gasteiger partial charge >= 0.3 is 0 Å². The fourth-order valence-electron chi connectivity index (χ4n) is 1.36. The number of aromatic nitrogens is 1. The molecule has 0 bridgehead atoms. The predicted octanol–water partition coefficient (Wildman–Crippen LogP) is 2.10. The summed E-state index contributed by atoms with van der Waals surface area (Å²) < 4.78 is 25.1. The van der Waals surface area contributed by atoms with Gasteiger partial charge in [-0.1, -0.05) is 18.2 Å². The highest BCUT2D eigenvalue weighted by molar-refractivity contribution is 7.90. The summed E-state index contributed by atoms with van der Waals surface area (Å²) in [5, 5.41) is -0.688. The van der Waals surface area contributed by atoms with Crippen LogP contribution in [0, 0.1) is 0 Å². The molecule has 0 fully saturated rings. The maximum absolute atomic E-state index is 12.1. The first-order valence-corrected chi connectivity index (χ1v) is 6.52. The molecular weight excluding hydrogens is 262 g/mol. The molecule has 0 saturated heterocycles. The third kappa shape index (κ3) is 2.25. The third-order valence-electron chi connectivity index (χ3n) is 2.21. The van der Waals surface area contributed by atoms with Crippen LogP contribution in [0.2, 0.25) is 0 Å². The molecule has 2 rings (SSSR count). The summed E-state index contributed by atoms with van der Waals surface area (Å²) >= 11 is 5.27. The molecule has 0 spiro atoms. The number of benzene rings is 1. The van der Waals surface area contributed by atoms with Gasteiger partial charge in [-0.15, -0.1) is 0 Å². The van der Waals surface area contributed by atoms with Crippen LogP contribution in [0.25, 0.3) is 0 Å². The van der Waals surface area contributed by atoms with Gasteiger partial charge in [0, 0.05) is 12.4 Å². The second kappa shape index (κ2) is 4.35.